The standard InChI is InChI=1S/C11H12ClFN2OS/c1-6(10(14)17)15(2)11(16)8-4-3-7(13)5-9(8)12/h3-6H,1-2H3,(H2,14,17). The zero-order chi connectivity index (χ0) is 13.2. The van der Waals surface area contributed by atoms with E-state index in [1.807, 2.05) is 0 Å². The van der Waals surface area contributed by atoms with Gasteiger partial charge in [0.2, 0.25) is 0 Å². The Bertz CT molecular complexity index is 467. The molecule has 3 nitrogen and oxygen atoms in total. The summed E-state index contributed by atoms with van der Waals surface area (Å²) in [6.45, 7) is 1.71. The van der Waals surface area contributed by atoms with E-state index in [1.165, 1.54) is 17.0 Å². The molecule has 0 fully saturated rings. The van der Waals surface area contributed by atoms with Gasteiger partial charge in [-0.15, -0.1) is 0 Å². The van der Waals surface area contributed by atoms with E-state index in [1.54, 1.807) is 14.0 Å². The highest BCUT2D eigenvalue weighted by Gasteiger charge is 2.21. The van der Waals surface area contributed by atoms with Crippen molar-refractivity contribution in [2.24, 2.45) is 5.73 Å². The Hall–Kier alpha value is -1.20. The molecule has 0 bridgehead atoms. The number of halogens is 2. The predicted molar refractivity (Wildman–Crippen MR) is 69.8 cm³/mol. The van der Waals surface area contributed by atoms with Crippen molar-refractivity contribution in [3.8, 4) is 0 Å². The van der Waals surface area contributed by atoms with Crippen LogP contribution in [-0.2, 0) is 0 Å². The van der Waals surface area contributed by atoms with Gasteiger partial charge >= 0.3 is 0 Å². The van der Waals surface area contributed by atoms with Gasteiger partial charge in [-0.3, -0.25) is 4.79 Å². The van der Waals surface area contributed by atoms with Gasteiger partial charge in [0.05, 0.1) is 21.6 Å². The van der Waals surface area contributed by atoms with Crippen LogP contribution in [0, 0.1) is 5.82 Å². The number of carbonyl (C=O) groups is 1. The number of amides is 1. The molecule has 0 aromatic heterocycles. The van der Waals surface area contributed by atoms with E-state index in [2.05, 4.69) is 0 Å². The lowest BCUT2D eigenvalue weighted by molar-refractivity contribution is 0.0779. The van der Waals surface area contributed by atoms with Gasteiger partial charge < -0.3 is 10.6 Å². The average Bonchev–Trinajstić information content (AvgIpc) is 2.26. The monoisotopic (exact) mass is 274 g/mol. The predicted octanol–water partition coefficient (Wildman–Crippen LogP) is 2.23. The minimum atomic E-state index is -0.489. The maximum absolute atomic E-state index is 12.8. The number of carbonyl (C=O) groups excluding carboxylic acids is 1. The fourth-order valence-corrected chi connectivity index (χ4v) is 1.63. The van der Waals surface area contributed by atoms with Crippen molar-refractivity contribution in [1.82, 2.24) is 4.90 Å². The van der Waals surface area contributed by atoms with Crippen molar-refractivity contribution in [2.75, 3.05) is 7.05 Å². The Morgan fingerprint density at radius 2 is 2.18 bits per heavy atom. The molecule has 17 heavy (non-hydrogen) atoms. The molecule has 1 aromatic rings. The van der Waals surface area contributed by atoms with Gasteiger partial charge in [0.15, 0.2) is 0 Å². The number of hydrogen-bond donors (Lipinski definition) is 1. The molecule has 0 aliphatic rings. The minimum absolute atomic E-state index is 0.0667. The van der Waals surface area contributed by atoms with E-state index in [9.17, 15) is 9.18 Å². The Labute approximate surface area is 109 Å². The first-order chi connectivity index (χ1) is 7.84. The van der Waals surface area contributed by atoms with Crippen LogP contribution < -0.4 is 5.73 Å². The first-order valence-electron chi connectivity index (χ1n) is 4.86. The van der Waals surface area contributed by atoms with Crippen LogP contribution in [0.3, 0.4) is 0 Å². The van der Waals surface area contributed by atoms with Crippen molar-refractivity contribution in [2.45, 2.75) is 13.0 Å². The lowest BCUT2D eigenvalue weighted by Gasteiger charge is -2.24. The van der Waals surface area contributed by atoms with E-state index in [4.69, 9.17) is 29.6 Å². The SMILES string of the molecule is CC(C(N)=S)N(C)C(=O)c1ccc(F)cc1Cl. The quantitative estimate of drug-likeness (QED) is 0.860. The molecule has 1 aromatic carbocycles. The van der Waals surface area contributed by atoms with Crippen LogP contribution in [0.4, 0.5) is 4.39 Å². The molecule has 0 saturated carbocycles. The molecule has 0 aliphatic heterocycles. The second kappa shape index (κ2) is 5.42. The molecule has 1 amide bonds. The summed E-state index contributed by atoms with van der Waals surface area (Å²) in [6.07, 6.45) is 0. The number of nitrogens with zero attached hydrogens (tertiary/aromatic N) is 1. The van der Waals surface area contributed by atoms with Crippen LogP contribution in [0.25, 0.3) is 0 Å². The second-order valence-electron chi connectivity index (χ2n) is 3.62. The number of rotatable bonds is 3. The molecule has 0 spiro atoms. The highest BCUT2D eigenvalue weighted by atomic mass is 35.5. The van der Waals surface area contributed by atoms with Crippen LogP contribution in [0.2, 0.25) is 5.02 Å². The van der Waals surface area contributed by atoms with Gasteiger partial charge in [-0.2, -0.15) is 0 Å². The molecule has 92 valence electrons. The molecule has 1 unspecified atom stereocenters. The van der Waals surface area contributed by atoms with E-state index in [-0.39, 0.29) is 21.5 Å². The summed E-state index contributed by atoms with van der Waals surface area (Å²) >= 11 is 10.6. The molecule has 0 aliphatic carbocycles. The smallest absolute Gasteiger partial charge is 0.255 e. The van der Waals surface area contributed by atoms with Crippen LogP contribution in [0.5, 0.6) is 0 Å². The topological polar surface area (TPSA) is 46.3 Å². The van der Waals surface area contributed by atoms with E-state index in [0.717, 1.165) is 6.07 Å². The van der Waals surface area contributed by atoms with Crippen molar-refractivity contribution in [3.05, 3.63) is 34.6 Å². The largest absolute Gasteiger partial charge is 0.392 e. The van der Waals surface area contributed by atoms with E-state index in [0.29, 0.717) is 0 Å². The Morgan fingerprint density at radius 1 is 1.59 bits per heavy atom. The Kier molecular flexibility index (Phi) is 4.42. The summed E-state index contributed by atoms with van der Waals surface area (Å²) in [5.74, 6) is -0.841. The van der Waals surface area contributed by atoms with Crippen LogP contribution in [0.1, 0.15) is 17.3 Å². The highest BCUT2D eigenvalue weighted by molar-refractivity contribution is 7.80. The van der Waals surface area contributed by atoms with Crippen molar-refractivity contribution >= 4 is 34.7 Å². The summed E-state index contributed by atoms with van der Waals surface area (Å²) in [7, 11) is 1.56. The number of likely N-dealkylation sites (N-methyl/N-ethyl adjacent to an activating group) is 1. The highest BCUT2D eigenvalue weighted by Crippen LogP contribution is 2.19. The average molecular weight is 275 g/mol. The lowest BCUT2D eigenvalue weighted by atomic mass is 10.1. The number of nitrogens with two attached hydrogens (primary N) is 1. The molecule has 1 atom stereocenters. The minimum Gasteiger partial charge on any atom is -0.392 e. The van der Waals surface area contributed by atoms with Crippen LogP contribution in [-0.4, -0.2) is 28.9 Å². The Balaban J connectivity index is 3.00. The normalized spacial score (nSPS) is 12.0. The summed E-state index contributed by atoms with van der Waals surface area (Å²) in [4.78, 5) is 13.6. The summed E-state index contributed by atoms with van der Waals surface area (Å²) in [6, 6.07) is 3.22. The second-order valence-corrected chi connectivity index (χ2v) is 4.50. The molecule has 0 heterocycles. The Morgan fingerprint density at radius 3 is 2.65 bits per heavy atom. The third kappa shape index (κ3) is 3.14. The molecule has 0 saturated heterocycles. The van der Waals surface area contributed by atoms with Gasteiger partial charge in [0, 0.05) is 7.05 Å². The molecular weight excluding hydrogens is 263 g/mol. The number of thiocarbonyl (C=S) groups is 1. The number of hydrogen-bond acceptors (Lipinski definition) is 2. The fraction of sp³-hybridized carbons (Fsp3) is 0.273. The molecular formula is C11H12ClFN2OS. The van der Waals surface area contributed by atoms with Crippen molar-refractivity contribution in [3.63, 3.8) is 0 Å². The molecule has 0 radical (unpaired) electrons. The molecule has 2 N–H and O–H groups in total. The van der Waals surface area contributed by atoms with Gasteiger partial charge in [-0.05, 0) is 25.1 Å². The van der Waals surface area contributed by atoms with Crippen LogP contribution >= 0.6 is 23.8 Å². The van der Waals surface area contributed by atoms with Crippen LogP contribution in [0.15, 0.2) is 18.2 Å². The van der Waals surface area contributed by atoms with E-state index >= 15 is 0 Å². The van der Waals surface area contributed by atoms with Gasteiger partial charge in [0.25, 0.3) is 5.91 Å². The zero-order valence-corrected chi connectivity index (χ0v) is 11.0. The summed E-state index contributed by atoms with van der Waals surface area (Å²) in [5.41, 5.74) is 5.68. The lowest BCUT2D eigenvalue weighted by Crippen LogP contribution is -2.42. The molecule has 1 rings (SSSR count). The third-order valence-corrected chi connectivity index (χ3v) is 3.13. The maximum Gasteiger partial charge on any atom is 0.255 e. The maximum atomic E-state index is 12.8. The first-order valence-corrected chi connectivity index (χ1v) is 5.64. The van der Waals surface area contributed by atoms with Gasteiger partial charge in [-0.1, -0.05) is 23.8 Å². The van der Waals surface area contributed by atoms with Gasteiger partial charge in [-0.25, -0.2) is 4.39 Å². The van der Waals surface area contributed by atoms with E-state index < -0.39 is 11.9 Å². The summed E-state index contributed by atoms with van der Waals surface area (Å²) in [5, 5.41) is 0.0667. The van der Waals surface area contributed by atoms with Gasteiger partial charge in [0.1, 0.15) is 5.82 Å². The third-order valence-electron chi connectivity index (χ3n) is 2.47. The zero-order valence-electron chi connectivity index (χ0n) is 9.41. The first kappa shape index (κ1) is 13.9. The summed E-state index contributed by atoms with van der Waals surface area (Å²) < 4.78 is 12.8. The van der Waals surface area contributed by atoms with Crippen molar-refractivity contribution in [1.29, 1.82) is 0 Å². The fourth-order valence-electron chi connectivity index (χ4n) is 1.22. The molecule has 6 heteroatoms. The van der Waals surface area contributed by atoms with Crippen molar-refractivity contribution < 1.29 is 9.18 Å². The number of benzene rings is 1.